The van der Waals surface area contributed by atoms with Gasteiger partial charge in [0.2, 0.25) is 0 Å². The number of piperidine rings is 1. The van der Waals surface area contributed by atoms with Crippen LogP contribution in [0.1, 0.15) is 51.2 Å². The Morgan fingerprint density at radius 2 is 1.92 bits per heavy atom. The Morgan fingerprint density at radius 3 is 2.46 bits per heavy atom. The Hall–Kier alpha value is -1.73. The van der Waals surface area contributed by atoms with Crippen LogP contribution in [0.5, 0.6) is 5.75 Å². The van der Waals surface area contributed by atoms with Crippen LogP contribution in [0.4, 0.5) is 9.18 Å². The van der Waals surface area contributed by atoms with Gasteiger partial charge in [0.05, 0.1) is 5.56 Å². The molecule has 0 saturated carbocycles. The fourth-order valence-corrected chi connectivity index (χ4v) is 2.99. The number of nitrogens with zero attached hydrogens (tertiary/aromatic N) is 1. The molecule has 132 valence electrons. The molecule has 1 aliphatic heterocycles. The number of benzene rings is 1. The summed E-state index contributed by atoms with van der Waals surface area (Å²) in [5, 5.41) is 0. The van der Waals surface area contributed by atoms with Gasteiger partial charge in [-0.15, -0.1) is 0 Å². The molecular formula is C17H24FN3O2S. The Balaban J connectivity index is 2.34. The molecule has 5 nitrogen and oxygen atoms in total. The lowest BCUT2D eigenvalue weighted by Gasteiger charge is -2.27. The van der Waals surface area contributed by atoms with Crippen LogP contribution in [0.2, 0.25) is 0 Å². The monoisotopic (exact) mass is 353 g/mol. The molecule has 0 unspecified atom stereocenters. The topological polar surface area (TPSA) is 67.6 Å². The SMILES string of the molecule is CC(C)(C)c1ccc(OC(=O)N2CCCCC2)c(F)c1C(=S)NN. The number of nitrogens with one attached hydrogen (secondary N) is 1. The van der Waals surface area contributed by atoms with Crippen molar-refractivity contribution in [2.45, 2.75) is 45.4 Å². The van der Waals surface area contributed by atoms with Gasteiger partial charge in [-0.05, 0) is 36.3 Å². The van der Waals surface area contributed by atoms with Gasteiger partial charge in [-0.2, -0.15) is 0 Å². The number of carbonyl (C=O) groups is 1. The molecule has 3 N–H and O–H groups in total. The van der Waals surface area contributed by atoms with E-state index in [0.29, 0.717) is 18.7 Å². The molecule has 1 aliphatic rings. The Morgan fingerprint density at radius 1 is 1.29 bits per heavy atom. The highest BCUT2D eigenvalue weighted by Gasteiger charge is 2.27. The normalized spacial score (nSPS) is 15.1. The van der Waals surface area contributed by atoms with Crippen molar-refractivity contribution in [2.24, 2.45) is 5.84 Å². The third-order valence-corrected chi connectivity index (χ3v) is 4.41. The van der Waals surface area contributed by atoms with Gasteiger partial charge < -0.3 is 15.1 Å². The molecule has 1 aromatic carbocycles. The van der Waals surface area contributed by atoms with Crippen LogP contribution >= 0.6 is 12.2 Å². The zero-order valence-electron chi connectivity index (χ0n) is 14.3. The summed E-state index contributed by atoms with van der Waals surface area (Å²) in [6.07, 6.45) is 2.44. The number of nitrogens with two attached hydrogens (primary N) is 1. The average Bonchev–Trinajstić information content (AvgIpc) is 2.55. The zero-order chi connectivity index (χ0) is 17.9. The quantitative estimate of drug-likeness (QED) is 0.485. The molecule has 0 aromatic heterocycles. The molecule has 0 atom stereocenters. The van der Waals surface area contributed by atoms with Gasteiger partial charge in [-0.25, -0.2) is 15.0 Å². The van der Waals surface area contributed by atoms with E-state index in [0.717, 1.165) is 19.3 Å². The highest BCUT2D eigenvalue weighted by atomic mass is 32.1. The number of halogens is 1. The fraction of sp³-hybridized carbons (Fsp3) is 0.529. The van der Waals surface area contributed by atoms with Gasteiger partial charge in [0.15, 0.2) is 11.6 Å². The molecule has 2 rings (SSSR count). The number of carbonyl (C=O) groups excluding carboxylic acids is 1. The summed E-state index contributed by atoms with van der Waals surface area (Å²) < 4.78 is 20.2. The van der Waals surface area contributed by atoms with Crippen molar-refractivity contribution in [3.05, 3.63) is 29.1 Å². The third-order valence-electron chi connectivity index (χ3n) is 4.08. The molecule has 0 bridgehead atoms. The van der Waals surface area contributed by atoms with E-state index in [1.807, 2.05) is 20.8 Å². The van der Waals surface area contributed by atoms with Gasteiger partial charge in [0.1, 0.15) is 4.99 Å². The number of thiocarbonyl (C=S) groups is 1. The third kappa shape index (κ3) is 4.02. The first-order valence-electron chi connectivity index (χ1n) is 8.06. The van der Waals surface area contributed by atoms with Crippen LogP contribution in [0, 0.1) is 5.82 Å². The van der Waals surface area contributed by atoms with Gasteiger partial charge in [-0.1, -0.05) is 39.1 Å². The van der Waals surface area contributed by atoms with Crippen molar-refractivity contribution in [3.63, 3.8) is 0 Å². The Labute approximate surface area is 147 Å². The largest absolute Gasteiger partial charge is 0.415 e. The molecule has 0 aliphatic carbocycles. The van der Waals surface area contributed by atoms with Crippen LogP contribution in [-0.2, 0) is 5.41 Å². The predicted molar refractivity (Wildman–Crippen MR) is 95.6 cm³/mol. The number of hydrogen-bond acceptors (Lipinski definition) is 4. The van der Waals surface area contributed by atoms with E-state index < -0.39 is 11.9 Å². The summed E-state index contributed by atoms with van der Waals surface area (Å²) in [7, 11) is 0. The average molecular weight is 353 g/mol. The molecule has 1 fully saturated rings. The standard InChI is InChI=1S/C17H24FN3O2S/c1-17(2,3)11-7-8-12(14(18)13(11)15(24)20-19)23-16(22)21-9-5-4-6-10-21/h7-8H,4-6,9-10,19H2,1-3H3,(H,20,24). The van der Waals surface area contributed by atoms with Crippen LogP contribution in [0.3, 0.4) is 0 Å². The zero-order valence-corrected chi connectivity index (χ0v) is 15.1. The van der Waals surface area contributed by atoms with Gasteiger partial charge in [0.25, 0.3) is 0 Å². The predicted octanol–water partition coefficient (Wildman–Crippen LogP) is 3.25. The number of rotatable bonds is 2. The molecule has 1 aromatic rings. The molecule has 0 radical (unpaired) electrons. The second-order valence-electron chi connectivity index (χ2n) is 6.94. The molecule has 7 heteroatoms. The van der Waals surface area contributed by atoms with Crippen LogP contribution in [-0.4, -0.2) is 29.1 Å². The van der Waals surface area contributed by atoms with Crippen molar-refractivity contribution in [1.82, 2.24) is 10.3 Å². The first-order chi connectivity index (χ1) is 11.3. The number of hydrogen-bond donors (Lipinski definition) is 2. The maximum absolute atomic E-state index is 14.9. The van der Waals surface area contributed by atoms with E-state index in [1.165, 1.54) is 6.07 Å². The van der Waals surface area contributed by atoms with Crippen LogP contribution < -0.4 is 16.0 Å². The second-order valence-corrected chi connectivity index (χ2v) is 7.35. The van der Waals surface area contributed by atoms with Crippen LogP contribution in [0.15, 0.2) is 12.1 Å². The maximum atomic E-state index is 14.9. The van der Waals surface area contributed by atoms with Crippen molar-refractivity contribution in [1.29, 1.82) is 0 Å². The van der Waals surface area contributed by atoms with E-state index in [4.69, 9.17) is 22.8 Å². The molecule has 0 spiro atoms. The molecule has 1 saturated heterocycles. The minimum atomic E-state index is -0.671. The summed E-state index contributed by atoms with van der Waals surface area (Å²) in [6, 6.07) is 3.20. The summed E-state index contributed by atoms with van der Waals surface area (Å²) in [5.41, 5.74) is 2.84. The van der Waals surface area contributed by atoms with E-state index in [1.54, 1.807) is 11.0 Å². The van der Waals surface area contributed by atoms with E-state index in [9.17, 15) is 9.18 Å². The number of amides is 1. The molecule has 1 heterocycles. The number of likely N-dealkylation sites (tertiary alicyclic amines) is 1. The fourth-order valence-electron chi connectivity index (χ4n) is 2.79. The Kier molecular flexibility index (Phi) is 5.77. The van der Waals surface area contributed by atoms with Gasteiger partial charge >= 0.3 is 6.09 Å². The van der Waals surface area contributed by atoms with Crippen molar-refractivity contribution >= 4 is 23.3 Å². The lowest BCUT2D eigenvalue weighted by molar-refractivity contribution is 0.141. The highest BCUT2D eigenvalue weighted by Crippen LogP contribution is 2.32. The summed E-state index contributed by atoms with van der Waals surface area (Å²) in [5.74, 6) is 4.58. The van der Waals surface area contributed by atoms with E-state index in [2.05, 4.69) is 5.43 Å². The minimum absolute atomic E-state index is 0.0771. The summed E-state index contributed by atoms with van der Waals surface area (Å²) in [4.78, 5) is 13.9. The lowest BCUT2D eigenvalue weighted by Crippen LogP contribution is -2.38. The minimum Gasteiger partial charge on any atom is -0.407 e. The lowest BCUT2D eigenvalue weighted by atomic mass is 9.83. The summed E-state index contributed by atoms with van der Waals surface area (Å²) in [6.45, 7) is 7.11. The number of ether oxygens (including phenoxy) is 1. The molecular weight excluding hydrogens is 329 g/mol. The first-order valence-corrected chi connectivity index (χ1v) is 8.47. The Bertz CT molecular complexity index is 637. The first kappa shape index (κ1) is 18.6. The van der Waals surface area contributed by atoms with Gasteiger partial charge in [-0.3, -0.25) is 0 Å². The molecule has 24 heavy (non-hydrogen) atoms. The smallest absolute Gasteiger partial charge is 0.407 e. The maximum Gasteiger partial charge on any atom is 0.415 e. The van der Waals surface area contributed by atoms with E-state index in [-0.39, 0.29) is 21.7 Å². The summed E-state index contributed by atoms with van der Waals surface area (Å²) >= 11 is 5.14. The van der Waals surface area contributed by atoms with Crippen molar-refractivity contribution < 1.29 is 13.9 Å². The van der Waals surface area contributed by atoms with Gasteiger partial charge in [0, 0.05) is 13.1 Å². The number of hydrazine groups is 1. The highest BCUT2D eigenvalue weighted by molar-refractivity contribution is 7.80. The second kappa shape index (κ2) is 7.44. The van der Waals surface area contributed by atoms with Crippen molar-refractivity contribution in [2.75, 3.05) is 13.1 Å². The van der Waals surface area contributed by atoms with Crippen LogP contribution in [0.25, 0.3) is 0 Å². The molecule has 1 amide bonds. The van der Waals surface area contributed by atoms with E-state index >= 15 is 0 Å². The van der Waals surface area contributed by atoms with Crippen molar-refractivity contribution in [3.8, 4) is 5.75 Å².